The van der Waals surface area contributed by atoms with Gasteiger partial charge in [0.25, 0.3) is 0 Å². The molecule has 2 heterocycles. The van der Waals surface area contributed by atoms with Crippen LogP contribution in [0.15, 0.2) is 4.42 Å². The number of H-pyrrole nitrogens is 1. The number of aryl methyl sites for hydroxylation is 3. The number of rotatable bonds is 0. The second kappa shape index (κ2) is 2.67. The van der Waals surface area contributed by atoms with Crippen LogP contribution in [0.1, 0.15) is 17.1 Å². The Morgan fingerprint density at radius 2 is 2.00 bits per heavy atom. The molecule has 0 unspecified atom stereocenters. The van der Waals surface area contributed by atoms with Gasteiger partial charge in [0.1, 0.15) is 16.2 Å². The fraction of sp³-hybridized carbons (Fsp3) is 0.333. The lowest BCUT2D eigenvalue weighted by atomic mass is 10.2. The molecule has 0 saturated carbocycles. The average Bonchev–Trinajstić information content (AvgIpc) is 2.27. The Morgan fingerprint density at radius 3 is 2.69 bits per heavy atom. The van der Waals surface area contributed by atoms with Crippen LogP contribution >= 0.6 is 12.2 Å². The number of furan rings is 1. The van der Waals surface area contributed by atoms with E-state index in [1.54, 1.807) is 0 Å². The molecule has 0 aliphatic heterocycles. The Labute approximate surface area is 80.8 Å². The van der Waals surface area contributed by atoms with E-state index in [1.165, 1.54) is 0 Å². The number of fused-ring (bicyclic) bond motifs is 1. The summed E-state index contributed by atoms with van der Waals surface area (Å²) in [5, 5.41) is 0.929. The third kappa shape index (κ3) is 1.18. The van der Waals surface area contributed by atoms with E-state index in [9.17, 15) is 0 Å². The van der Waals surface area contributed by atoms with Crippen LogP contribution in [0.4, 0.5) is 0 Å². The molecule has 0 radical (unpaired) electrons. The maximum absolute atomic E-state index is 5.50. The Morgan fingerprint density at radius 1 is 1.31 bits per heavy atom. The van der Waals surface area contributed by atoms with Crippen molar-refractivity contribution in [1.82, 2.24) is 9.97 Å². The summed E-state index contributed by atoms with van der Waals surface area (Å²) in [5.74, 6) is 1.68. The van der Waals surface area contributed by atoms with Crippen LogP contribution in [0, 0.1) is 25.4 Å². The first kappa shape index (κ1) is 8.44. The highest BCUT2D eigenvalue weighted by Gasteiger charge is 2.09. The Balaban J connectivity index is 3.03. The third-order valence-corrected chi connectivity index (χ3v) is 2.46. The number of aromatic nitrogens is 2. The standard InChI is InChI=1S/C9H10N2OS/c1-4-5(2)12-8-7(4)9(13)11-6(3)10-8/h1-3H3,(H,10,11,13). The first-order valence-corrected chi connectivity index (χ1v) is 4.47. The zero-order chi connectivity index (χ0) is 9.59. The van der Waals surface area contributed by atoms with Crippen molar-refractivity contribution >= 4 is 23.3 Å². The number of hydrogen-bond acceptors (Lipinski definition) is 3. The molecule has 68 valence electrons. The number of nitrogens with zero attached hydrogens (tertiary/aromatic N) is 1. The van der Waals surface area contributed by atoms with Gasteiger partial charge in [-0.1, -0.05) is 12.2 Å². The fourth-order valence-corrected chi connectivity index (χ4v) is 1.76. The van der Waals surface area contributed by atoms with Gasteiger partial charge in [0.05, 0.1) is 5.39 Å². The lowest BCUT2D eigenvalue weighted by molar-refractivity contribution is 0.562. The molecule has 0 spiro atoms. The predicted molar refractivity (Wildman–Crippen MR) is 53.4 cm³/mol. The molecule has 13 heavy (non-hydrogen) atoms. The van der Waals surface area contributed by atoms with Crippen LogP contribution in [0.5, 0.6) is 0 Å². The van der Waals surface area contributed by atoms with Gasteiger partial charge in [-0.3, -0.25) is 0 Å². The van der Waals surface area contributed by atoms with E-state index in [0.29, 0.717) is 4.64 Å². The molecule has 2 aromatic rings. The maximum Gasteiger partial charge on any atom is 0.209 e. The summed E-state index contributed by atoms with van der Waals surface area (Å²) < 4.78 is 6.11. The third-order valence-electron chi connectivity index (χ3n) is 2.16. The van der Waals surface area contributed by atoms with Crippen LogP contribution in [-0.4, -0.2) is 9.97 Å². The second-order valence-electron chi connectivity index (χ2n) is 3.11. The lowest BCUT2D eigenvalue weighted by Gasteiger charge is -1.92. The molecule has 0 amide bonds. The van der Waals surface area contributed by atoms with Crippen molar-refractivity contribution in [2.45, 2.75) is 20.8 Å². The zero-order valence-corrected chi connectivity index (χ0v) is 8.58. The summed E-state index contributed by atoms with van der Waals surface area (Å²) in [6.45, 7) is 5.78. The van der Waals surface area contributed by atoms with Gasteiger partial charge < -0.3 is 9.40 Å². The summed E-state index contributed by atoms with van der Waals surface area (Å²) in [4.78, 5) is 7.22. The number of nitrogens with one attached hydrogen (secondary N) is 1. The average molecular weight is 194 g/mol. The van der Waals surface area contributed by atoms with E-state index in [-0.39, 0.29) is 0 Å². The quantitative estimate of drug-likeness (QED) is 0.656. The molecule has 0 atom stereocenters. The fourth-order valence-electron chi connectivity index (χ4n) is 1.37. The van der Waals surface area contributed by atoms with Crippen molar-refractivity contribution in [1.29, 1.82) is 0 Å². The van der Waals surface area contributed by atoms with Crippen molar-refractivity contribution in [3.8, 4) is 0 Å². The van der Waals surface area contributed by atoms with Crippen molar-refractivity contribution in [3.05, 3.63) is 21.8 Å². The van der Waals surface area contributed by atoms with Gasteiger partial charge >= 0.3 is 0 Å². The van der Waals surface area contributed by atoms with Gasteiger partial charge in [-0.25, -0.2) is 4.98 Å². The van der Waals surface area contributed by atoms with Crippen molar-refractivity contribution in [2.24, 2.45) is 0 Å². The largest absolute Gasteiger partial charge is 0.445 e. The summed E-state index contributed by atoms with van der Waals surface area (Å²) in [6, 6.07) is 0. The van der Waals surface area contributed by atoms with Gasteiger partial charge in [-0.05, 0) is 20.8 Å². The van der Waals surface area contributed by atoms with E-state index in [1.807, 2.05) is 20.8 Å². The molecule has 0 saturated heterocycles. The zero-order valence-electron chi connectivity index (χ0n) is 7.76. The Kier molecular flexibility index (Phi) is 1.73. The number of aromatic amines is 1. The van der Waals surface area contributed by atoms with Crippen molar-refractivity contribution in [2.75, 3.05) is 0 Å². The first-order chi connectivity index (χ1) is 6.09. The van der Waals surface area contributed by atoms with Crippen LogP contribution in [-0.2, 0) is 0 Å². The lowest BCUT2D eigenvalue weighted by Crippen LogP contribution is -1.87. The highest BCUT2D eigenvalue weighted by molar-refractivity contribution is 7.71. The first-order valence-electron chi connectivity index (χ1n) is 4.06. The topological polar surface area (TPSA) is 41.8 Å². The predicted octanol–water partition coefficient (Wildman–Crippen LogP) is 2.81. The van der Waals surface area contributed by atoms with Crippen LogP contribution < -0.4 is 0 Å². The monoisotopic (exact) mass is 194 g/mol. The molecule has 0 aliphatic rings. The summed E-state index contributed by atoms with van der Waals surface area (Å²) >= 11 is 5.15. The van der Waals surface area contributed by atoms with Gasteiger partial charge in [0.15, 0.2) is 0 Å². The molecule has 4 heteroatoms. The summed E-state index contributed by atoms with van der Waals surface area (Å²) in [5.41, 5.74) is 1.80. The molecule has 1 N–H and O–H groups in total. The number of hydrogen-bond donors (Lipinski definition) is 1. The molecule has 2 rings (SSSR count). The van der Waals surface area contributed by atoms with Crippen molar-refractivity contribution < 1.29 is 4.42 Å². The van der Waals surface area contributed by atoms with Gasteiger partial charge in [0.2, 0.25) is 5.71 Å². The Bertz CT molecular complexity index is 524. The molecule has 0 bridgehead atoms. The maximum atomic E-state index is 5.50. The SMILES string of the molecule is Cc1nc(=S)c2c(C)c(C)oc2[nH]1. The molecule has 2 aromatic heterocycles. The van der Waals surface area contributed by atoms with Crippen LogP contribution in [0.2, 0.25) is 0 Å². The minimum atomic E-state index is 0.612. The molecular weight excluding hydrogens is 184 g/mol. The van der Waals surface area contributed by atoms with Gasteiger partial charge in [0, 0.05) is 5.56 Å². The smallest absolute Gasteiger partial charge is 0.209 e. The normalized spacial score (nSPS) is 11.0. The van der Waals surface area contributed by atoms with Crippen LogP contribution in [0.3, 0.4) is 0 Å². The van der Waals surface area contributed by atoms with E-state index in [2.05, 4.69) is 9.97 Å². The Hall–Kier alpha value is -1.16. The highest BCUT2D eigenvalue weighted by Crippen LogP contribution is 2.23. The highest BCUT2D eigenvalue weighted by atomic mass is 32.1. The minimum absolute atomic E-state index is 0.612. The minimum Gasteiger partial charge on any atom is -0.445 e. The van der Waals surface area contributed by atoms with Gasteiger partial charge in [-0.15, -0.1) is 0 Å². The van der Waals surface area contributed by atoms with Crippen LogP contribution in [0.25, 0.3) is 11.1 Å². The van der Waals surface area contributed by atoms with E-state index in [4.69, 9.17) is 16.6 Å². The van der Waals surface area contributed by atoms with Crippen molar-refractivity contribution in [3.63, 3.8) is 0 Å². The summed E-state index contributed by atoms with van der Waals surface area (Å²) in [7, 11) is 0. The second-order valence-corrected chi connectivity index (χ2v) is 3.50. The van der Waals surface area contributed by atoms with Gasteiger partial charge in [-0.2, -0.15) is 0 Å². The molecule has 0 aromatic carbocycles. The molecule has 0 fully saturated rings. The molecular formula is C9H10N2OS. The summed E-state index contributed by atoms with van der Waals surface area (Å²) in [6.07, 6.45) is 0. The molecule has 3 nitrogen and oxygen atoms in total. The molecule has 0 aliphatic carbocycles. The van der Waals surface area contributed by atoms with E-state index < -0.39 is 0 Å². The van der Waals surface area contributed by atoms with E-state index >= 15 is 0 Å². The van der Waals surface area contributed by atoms with E-state index in [0.717, 1.165) is 28.2 Å².